The van der Waals surface area contributed by atoms with Gasteiger partial charge in [-0.1, -0.05) is 0 Å². The fraction of sp³-hybridized carbons (Fsp3) is 0.900. The maximum atomic E-state index is 13.3. The molecule has 0 spiro atoms. The zero-order chi connectivity index (χ0) is 10.8. The SMILES string of the molecule is CC(C)(F)C(=O)N1CCC(CO)CC1. The fourth-order valence-corrected chi connectivity index (χ4v) is 1.69. The Kier molecular flexibility index (Phi) is 3.48. The van der Waals surface area contributed by atoms with Gasteiger partial charge in [0.25, 0.3) is 5.91 Å². The molecule has 1 aliphatic heterocycles. The van der Waals surface area contributed by atoms with Crippen LogP contribution in [0.25, 0.3) is 0 Å². The van der Waals surface area contributed by atoms with E-state index in [4.69, 9.17) is 5.11 Å². The Bertz CT molecular complexity index is 205. The van der Waals surface area contributed by atoms with Gasteiger partial charge in [0, 0.05) is 19.7 Å². The molecule has 0 aliphatic carbocycles. The summed E-state index contributed by atoms with van der Waals surface area (Å²) < 4.78 is 13.3. The van der Waals surface area contributed by atoms with Gasteiger partial charge in [-0.2, -0.15) is 0 Å². The van der Waals surface area contributed by atoms with Gasteiger partial charge in [0.05, 0.1) is 0 Å². The quantitative estimate of drug-likeness (QED) is 0.726. The smallest absolute Gasteiger partial charge is 0.259 e. The van der Waals surface area contributed by atoms with Gasteiger partial charge in [-0.25, -0.2) is 4.39 Å². The number of aliphatic hydroxyl groups excluding tert-OH is 1. The molecule has 0 aromatic rings. The van der Waals surface area contributed by atoms with Crippen molar-refractivity contribution in [1.82, 2.24) is 4.90 Å². The first-order valence-corrected chi connectivity index (χ1v) is 5.04. The number of aliphatic hydroxyl groups is 1. The number of piperidine rings is 1. The number of amides is 1. The molecule has 1 fully saturated rings. The number of alkyl halides is 1. The van der Waals surface area contributed by atoms with Gasteiger partial charge in [-0.05, 0) is 32.6 Å². The molecule has 14 heavy (non-hydrogen) atoms. The van der Waals surface area contributed by atoms with E-state index in [-0.39, 0.29) is 12.5 Å². The van der Waals surface area contributed by atoms with Gasteiger partial charge in [0.2, 0.25) is 0 Å². The predicted molar refractivity (Wildman–Crippen MR) is 51.6 cm³/mol. The first kappa shape index (κ1) is 11.4. The number of nitrogens with zero attached hydrogens (tertiary/aromatic N) is 1. The molecule has 1 heterocycles. The number of hydrogen-bond acceptors (Lipinski definition) is 2. The number of rotatable bonds is 2. The maximum Gasteiger partial charge on any atom is 0.259 e. The molecule has 0 aromatic carbocycles. The molecule has 1 amide bonds. The van der Waals surface area contributed by atoms with E-state index in [1.807, 2.05) is 0 Å². The van der Waals surface area contributed by atoms with E-state index in [0.717, 1.165) is 12.8 Å². The minimum atomic E-state index is -1.77. The second-order valence-electron chi connectivity index (χ2n) is 4.39. The largest absolute Gasteiger partial charge is 0.396 e. The van der Waals surface area contributed by atoms with Crippen molar-refractivity contribution in [2.45, 2.75) is 32.4 Å². The number of likely N-dealkylation sites (tertiary alicyclic amines) is 1. The van der Waals surface area contributed by atoms with Crippen LogP contribution in [-0.4, -0.2) is 41.3 Å². The van der Waals surface area contributed by atoms with Crippen LogP contribution >= 0.6 is 0 Å². The first-order valence-electron chi connectivity index (χ1n) is 5.04. The second-order valence-corrected chi connectivity index (χ2v) is 4.39. The van der Waals surface area contributed by atoms with Crippen LogP contribution < -0.4 is 0 Å². The molecule has 1 N–H and O–H groups in total. The predicted octanol–water partition coefficient (Wildman–Crippen LogP) is 0.965. The monoisotopic (exact) mass is 203 g/mol. The first-order chi connectivity index (χ1) is 6.45. The molecular formula is C10H18FNO2. The van der Waals surface area contributed by atoms with E-state index >= 15 is 0 Å². The molecule has 82 valence electrons. The lowest BCUT2D eigenvalue weighted by atomic mass is 9.96. The van der Waals surface area contributed by atoms with Crippen LogP contribution in [0.15, 0.2) is 0 Å². The number of hydrogen-bond donors (Lipinski definition) is 1. The molecule has 0 saturated carbocycles. The number of halogens is 1. The average molecular weight is 203 g/mol. The third-order valence-corrected chi connectivity index (χ3v) is 2.67. The van der Waals surface area contributed by atoms with E-state index in [1.165, 1.54) is 13.8 Å². The Hall–Kier alpha value is -0.640. The molecule has 3 nitrogen and oxygen atoms in total. The molecule has 0 atom stereocenters. The third kappa shape index (κ3) is 2.67. The summed E-state index contributed by atoms with van der Waals surface area (Å²) >= 11 is 0. The van der Waals surface area contributed by atoms with Crippen LogP contribution in [0.4, 0.5) is 4.39 Å². The summed E-state index contributed by atoms with van der Waals surface area (Å²) in [5.41, 5.74) is -1.77. The molecule has 0 bridgehead atoms. The highest BCUT2D eigenvalue weighted by molar-refractivity contribution is 5.84. The molecule has 1 saturated heterocycles. The zero-order valence-electron chi connectivity index (χ0n) is 8.79. The fourth-order valence-electron chi connectivity index (χ4n) is 1.69. The lowest BCUT2D eigenvalue weighted by Crippen LogP contribution is -2.46. The van der Waals surface area contributed by atoms with Gasteiger partial charge < -0.3 is 10.0 Å². The van der Waals surface area contributed by atoms with Gasteiger partial charge >= 0.3 is 0 Å². The molecule has 0 unspecified atom stereocenters. The standard InChI is InChI=1S/C10H18FNO2/c1-10(2,11)9(14)12-5-3-8(7-13)4-6-12/h8,13H,3-7H2,1-2H3. The van der Waals surface area contributed by atoms with Crippen LogP contribution in [0.2, 0.25) is 0 Å². The van der Waals surface area contributed by atoms with Crippen molar-refractivity contribution in [3.63, 3.8) is 0 Å². The molecule has 1 rings (SSSR count). The zero-order valence-corrected chi connectivity index (χ0v) is 8.79. The van der Waals surface area contributed by atoms with E-state index in [9.17, 15) is 9.18 Å². The van der Waals surface area contributed by atoms with Crippen LogP contribution in [0.5, 0.6) is 0 Å². The lowest BCUT2D eigenvalue weighted by Gasteiger charge is -2.33. The molecule has 4 heteroatoms. The van der Waals surface area contributed by atoms with E-state index < -0.39 is 11.6 Å². The Morgan fingerprint density at radius 2 is 2.00 bits per heavy atom. The van der Waals surface area contributed by atoms with Crippen molar-refractivity contribution in [3.8, 4) is 0 Å². The summed E-state index contributed by atoms with van der Waals surface area (Å²) in [6, 6.07) is 0. The summed E-state index contributed by atoms with van der Waals surface area (Å²) in [6.07, 6.45) is 1.55. The Morgan fingerprint density at radius 3 is 2.36 bits per heavy atom. The van der Waals surface area contributed by atoms with Gasteiger partial charge in [0.1, 0.15) is 0 Å². The van der Waals surface area contributed by atoms with Crippen LogP contribution in [-0.2, 0) is 4.79 Å². The highest BCUT2D eigenvalue weighted by Crippen LogP contribution is 2.20. The minimum absolute atomic E-state index is 0.168. The van der Waals surface area contributed by atoms with Crippen molar-refractivity contribution >= 4 is 5.91 Å². The minimum Gasteiger partial charge on any atom is -0.396 e. The summed E-state index contributed by atoms with van der Waals surface area (Å²) in [5, 5.41) is 8.90. The number of carbonyl (C=O) groups is 1. The molecule has 0 radical (unpaired) electrons. The van der Waals surface area contributed by atoms with Gasteiger partial charge in [0.15, 0.2) is 5.67 Å². The van der Waals surface area contributed by atoms with Gasteiger partial charge in [-0.15, -0.1) is 0 Å². The van der Waals surface area contributed by atoms with Gasteiger partial charge in [-0.3, -0.25) is 4.79 Å². The van der Waals surface area contributed by atoms with Crippen LogP contribution in [0.1, 0.15) is 26.7 Å². The summed E-state index contributed by atoms with van der Waals surface area (Å²) in [7, 11) is 0. The Morgan fingerprint density at radius 1 is 1.50 bits per heavy atom. The molecular weight excluding hydrogens is 185 g/mol. The van der Waals surface area contributed by atoms with Crippen molar-refractivity contribution < 1.29 is 14.3 Å². The molecule has 1 aliphatic rings. The normalized spacial score (nSPS) is 19.9. The Balaban J connectivity index is 2.46. The number of carbonyl (C=O) groups excluding carboxylic acids is 1. The summed E-state index contributed by atoms with van der Waals surface area (Å²) in [5.74, 6) is -0.157. The van der Waals surface area contributed by atoms with E-state index in [0.29, 0.717) is 13.1 Å². The topological polar surface area (TPSA) is 40.5 Å². The van der Waals surface area contributed by atoms with Crippen LogP contribution in [0, 0.1) is 5.92 Å². The summed E-state index contributed by atoms with van der Waals surface area (Å²) in [4.78, 5) is 13.1. The average Bonchev–Trinajstić information content (AvgIpc) is 2.15. The Labute approximate surface area is 83.9 Å². The van der Waals surface area contributed by atoms with E-state index in [1.54, 1.807) is 4.90 Å². The lowest BCUT2D eigenvalue weighted by molar-refractivity contribution is -0.143. The van der Waals surface area contributed by atoms with Crippen molar-refractivity contribution in [2.75, 3.05) is 19.7 Å². The van der Waals surface area contributed by atoms with Crippen molar-refractivity contribution in [1.29, 1.82) is 0 Å². The van der Waals surface area contributed by atoms with E-state index in [2.05, 4.69) is 0 Å². The molecule has 0 aromatic heterocycles. The highest BCUT2D eigenvalue weighted by atomic mass is 19.1. The highest BCUT2D eigenvalue weighted by Gasteiger charge is 2.33. The van der Waals surface area contributed by atoms with Crippen molar-refractivity contribution in [2.24, 2.45) is 5.92 Å². The third-order valence-electron chi connectivity index (χ3n) is 2.67. The van der Waals surface area contributed by atoms with Crippen LogP contribution in [0.3, 0.4) is 0 Å². The maximum absolute atomic E-state index is 13.3. The second kappa shape index (κ2) is 4.26. The van der Waals surface area contributed by atoms with Crippen molar-refractivity contribution in [3.05, 3.63) is 0 Å². The summed E-state index contributed by atoms with van der Waals surface area (Å²) in [6.45, 7) is 3.87.